The summed E-state index contributed by atoms with van der Waals surface area (Å²) in [5.41, 5.74) is -0.00694. The first-order valence-electron chi connectivity index (χ1n) is 3.62. The highest BCUT2D eigenvalue weighted by Gasteiger charge is 2.24. The molecule has 0 aliphatic carbocycles. The first kappa shape index (κ1) is 7.78. The van der Waals surface area contributed by atoms with E-state index < -0.39 is 5.97 Å². The summed E-state index contributed by atoms with van der Waals surface area (Å²) in [6.07, 6.45) is 1.18. The number of carbonyl (C=O) groups is 2. The van der Waals surface area contributed by atoms with Crippen molar-refractivity contribution < 1.29 is 19.4 Å². The average molecular weight is 182 g/mol. The molecular formula is C7H6N2O4. The number of carboxylic acids is 1. The van der Waals surface area contributed by atoms with Crippen LogP contribution in [-0.4, -0.2) is 33.2 Å². The van der Waals surface area contributed by atoms with Gasteiger partial charge in [-0.1, -0.05) is 0 Å². The minimum absolute atomic E-state index is 0.00694. The molecule has 1 aliphatic rings. The Kier molecular flexibility index (Phi) is 1.54. The van der Waals surface area contributed by atoms with Gasteiger partial charge >= 0.3 is 5.97 Å². The lowest BCUT2D eigenvalue weighted by molar-refractivity contribution is -0.123. The molecule has 68 valence electrons. The number of ether oxygens (including phenoxy) is 1. The van der Waals surface area contributed by atoms with Crippen LogP contribution in [0.4, 0.5) is 0 Å². The van der Waals surface area contributed by atoms with Gasteiger partial charge in [-0.05, 0) is 0 Å². The van der Waals surface area contributed by atoms with Crippen molar-refractivity contribution in [2.75, 3.05) is 6.61 Å². The number of rotatable bonds is 1. The van der Waals surface area contributed by atoms with Crippen molar-refractivity contribution in [3.05, 3.63) is 11.8 Å². The van der Waals surface area contributed by atoms with E-state index in [2.05, 4.69) is 5.10 Å². The largest absolute Gasteiger partial charge is 0.477 e. The quantitative estimate of drug-likeness (QED) is 0.635. The third-order valence-corrected chi connectivity index (χ3v) is 1.72. The first-order valence-corrected chi connectivity index (χ1v) is 3.62. The van der Waals surface area contributed by atoms with Gasteiger partial charge in [0.25, 0.3) is 0 Å². The van der Waals surface area contributed by atoms with E-state index in [1.807, 2.05) is 0 Å². The Balaban J connectivity index is 2.44. The normalized spacial score (nSPS) is 14.9. The molecule has 0 radical (unpaired) electrons. The van der Waals surface area contributed by atoms with Crippen LogP contribution in [0.5, 0.6) is 5.88 Å². The lowest BCUT2D eigenvalue weighted by atomic mass is 10.3. The Hall–Kier alpha value is -1.85. The maximum Gasteiger partial charge on any atom is 0.342 e. The molecule has 6 heteroatoms. The van der Waals surface area contributed by atoms with E-state index in [0.29, 0.717) is 0 Å². The van der Waals surface area contributed by atoms with Gasteiger partial charge in [0.2, 0.25) is 5.88 Å². The summed E-state index contributed by atoms with van der Waals surface area (Å²) in [6, 6.07) is 0. The zero-order valence-electron chi connectivity index (χ0n) is 6.56. The van der Waals surface area contributed by atoms with Gasteiger partial charge in [0.15, 0.2) is 12.4 Å². The SMILES string of the molecule is O=C1COc2c(C(=O)O)cnn2C1. The Morgan fingerprint density at radius 3 is 3.15 bits per heavy atom. The minimum atomic E-state index is -1.10. The number of fused-ring (bicyclic) bond motifs is 1. The van der Waals surface area contributed by atoms with Crippen LogP contribution in [0.1, 0.15) is 10.4 Å². The highest BCUT2D eigenvalue weighted by Crippen LogP contribution is 2.20. The van der Waals surface area contributed by atoms with Crippen molar-refractivity contribution in [1.29, 1.82) is 0 Å². The van der Waals surface area contributed by atoms with Crippen molar-refractivity contribution in [2.45, 2.75) is 6.54 Å². The third-order valence-electron chi connectivity index (χ3n) is 1.72. The molecule has 13 heavy (non-hydrogen) atoms. The second-order valence-electron chi connectivity index (χ2n) is 2.65. The molecule has 1 aliphatic heterocycles. The predicted molar refractivity (Wildman–Crippen MR) is 39.7 cm³/mol. The molecule has 2 heterocycles. The Morgan fingerprint density at radius 1 is 1.69 bits per heavy atom. The second-order valence-corrected chi connectivity index (χ2v) is 2.65. The van der Waals surface area contributed by atoms with E-state index in [4.69, 9.17) is 9.84 Å². The molecule has 1 N–H and O–H groups in total. The van der Waals surface area contributed by atoms with Gasteiger partial charge in [0, 0.05) is 0 Å². The molecule has 1 aromatic rings. The number of hydrogen-bond donors (Lipinski definition) is 1. The summed E-state index contributed by atoms with van der Waals surface area (Å²) in [6.45, 7) is 0.00852. The molecular weight excluding hydrogens is 176 g/mol. The van der Waals surface area contributed by atoms with Crippen LogP contribution in [-0.2, 0) is 11.3 Å². The predicted octanol–water partition coefficient (Wildman–Crippen LogP) is -0.457. The molecule has 0 bridgehead atoms. The summed E-state index contributed by atoms with van der Waals surface area (Å²) in [7, 11) is 0. The Morgan fingerprint density at radius 2 is 2.46 bits per heavy atom. The van der Waals surface area contributed by atoms with Crippen molar-refractivity contribution in [3.63, 3.8) is 0 Å². The lowest BCUT2D eigenvalue weighted by Crippen LogP contribution is -2.26. The highest BCUT2D eigenvalue weighted by atomic mass is 16.5. The Labute approximate surface area is 72.7 Å². The van der Waals surface area contributed by atoms with Crippen LogP contribution < -0.4 is 4.74 Å². The number of nitrogens with zero attached hydrogens (tertiary/aromatic N) is 2. The van der Waals surface area contributed by atoms with Crippen molar-refractivity contribution in [2.24, 2.45) is 0 Å². The Bertz CT molecular complexity index is 382. The summed E-state index contributed by atoms with van der Waals surface area (Å²) >= 11 is 0. The number of aromatic nitrogens is 2. The highest BCUT2D eigenvalue weighted by molar-refractivity contribution is 5.91. The lowest BCUT2D eigenvalue weighted by Gasteiger charge is -2.13. The van der Waals surface area contributed by atoms with Gasteiger partial charge in [0.05, 0.1) is 6.20 Å². The number of carbonyl (C=O) groups excluding carboxylic acids is 1. The molecule has 0 aromatic carbocycles. The zero-order valence-corrected chi connectivity index (χ0v) is 6.56. The van der Waals surface area contributed by atoms with E-state index >= 15 is 0 Å². The van der Waals surface area contributed by atoms with Crippen molar-refractivity contribution >= 4 is 11.8 Å². The first-order chi connectivity index (χ1) is 6.18. The average Bonchev–Trinajstić information content (AvgIpc) is 2.46. The maximum absolute atomic E-state index is 10.9. The topological polar surface area (TPSA) is 81.4 Å². The standard InChI is InChI=1S/C7H6N2O4/c10-4-2-9-6(13-3-4)5(1-8-9)7(11)12/h1H,2-3H2,(H,11,12). The molecule has 1 aromatic heterocycles. The molecule has 0 spiro atoms. The monoisotopic (exact) mass is 182 g/mol. The second kappa shape index (κ2) is 2.58. The van der Waals surface area contributed by atoms with Gasteiger partial charge in [-0.15, -0.1) is 0 Å². The van der Waals surface area contributed by atoms with E-state index in [1.165, 1.54) is 10.9 Å². The van der Waals surface area contributed by atoms with Crippen LogP contribution >= 0.6 is 0 Å². The van der Waals surface area contributed by atoms with Crippen molar-refractivity contribution in [1.82, 2.24) is 9.78 Å². The van der Waals surface area contributed by atoms with Crippen LogP contribution in [0.25, 0.3) is 0 Å². The molecule has 6 nitrogen and oxygen atoms in total. The van der Waals surface area contributed by atoms with E-state index in [0.717, 1.165) is 0 Å². The molecule has 0 fully saturated rings. The van der Waals surface area contributed by atoms with Gasteiger partial charge < -0.3 is 9.84 Å². The van der Waals surface area contributed by atoms with Crippen LogP contribution in [0.3, 0.4) is 0 Å². The van der Waals surface area contributed by atoms with Gasteiger partial charge in [0.1, 0.15) is 12.1 Å². The van der Waals surface area contributed by atoms with E-state index in [1.54, 1.807) is 0 Å². The number of hydrogen-bond acceptors (Lipinski definition) is 4. The summed E-state index contributed by atoms with van der Waals surface area (Å²) in [5, 5.41) is 12.4. The van der Waals surface area contributed by atoms with Crippen LogP contribution in [0.2, 0.25) is 0 Å². The van der Waals surface area contributed by atoms with Gasteiger partial charge in [-0.25, -0.2) is 9.48 Å². The number of aromatic carboxylic acids is 1. The fraction of sp³-hybridized carbons (Fsp3) is 0.286. The number of carboxylic acid groups (broad SMARTS) is 1. The smallest absolute Gasteiger partial charge is 0.342 e. The molecule has 0 unspecified atom stereocenters. The maximum atomic E-state index is 10.9. The zero-order chi connectivity index (χ0) is 9.42. The number of Topliss-reactive ketones (excluding diaryl/α,β-unsaturated/α-hetero) is 1. The molecule has 0 saturated heterocycles. The van der Waals surface area contributed by atoms with E-state index in [-0.39, 0.29) is 30.4 Å². The molecule has 0 saturated carbocycles. The summed E-state index contributed by atoms with van der Waals surface area (Å²) in [5.74, 6) is -1.06. The van der Waals surface area contributed by atoms with Crippen molar-refractivity contribution in [3.8, 4) is 5.88 Å². The molecule has 2 rings (SSSR count). The minimum Gasteiger partial charge on any atom is -0.477 e. The fourth-order valence-corrected chi connectivity index (χ4v) is 1.15. The number of ketones is 1. The van der Waals surface area contributed by atoms with Gasteiger partial charge in [-0.2, -0.15) is 5.10 Å². The third kappa shape index (κ3) is 1.16. The summed E-state index contributed by atoms with van der Waals surface area (Å²) < 4.78 is 6.18. The van der Waals surface area contributed by atoms with Crippen LogP contribution in [0, 0.1) is 0 Å². The van der Waals surface area contributed by atoms with Crippen LogP contribution in [0.15, 0.2) is 6.20 Å². The molecule has 0 amide bonds. The summed E-state index contributed by atoms with van der Waals surface area (Å²) in [4.78, 5) is 21.5. The molecule has 0 atom stereocenters. The van der Waals surface area contributed by atoms with E-state index in [9.17, 15) is 9.59 Å². The fourth-order valence-electron chi connectivity index (χ4n) is 1.15. The van der Waals surface area contributed by atoms with Gasteiger partial charge in [-0.3, -0.25) is 4.79 Å².